The highest BCUT2D eigenvalue weighted by Crippen LogP contribution is 2.26. The highest BCUT2D eigenvalue weighted by atomic mass is 35.5. The van der Waals surface area contributed by atoms with E-state index in [1.165, 1.54) is 0 Å². The van der Waals surface area contributed by atoms with Gasteiger partial charge in [0.15, 0.2) is 0 Å². The molecule has 132 valence electrons. The van der Waals surface area contributed by atoms with Gasteiger partial charge in [-0.05, 0) is 38.0 Å². The van der Waals surface area contributed by atoms with E-state index < -0.39 is 0 Å². The van der Waals surface area contributed by atoms with Gasteiger partial charge in [0.25, 0.3) is 0 Å². The first-order valence-corrected chi connectivity index (χ1v) is 9.19. The number of hydrogen-bond donors (Lipinski definition) is 1. The van der Waals surface area contributed by atoms with E-state index in [0.717, 1.165) is 55.7 Å². The lowest BCUT2D eigenvalue weighted by atomic mass is 10.2. The molecule has 1 saturated heterocycles. The van der Waals surface area contributed by atoms with Gasteiger partial charge in [-0.25, -0.2) is 9.97 Å². The Morgan fingerprint density at radius 2 is 2.00 bits per heavy atom. The number of nitrogens with one attached hydrogen (secondary N) is 1. The van der Waals surface area contributed by atoms with E-state index in [1.54, 1.807) is 6.33 Å². The van der Waals surface area contributed by atoms with Gasteiger partial charge < -0.3 is 10.2 Å². The van der Waals surface area contributed by atoms with Crippen LogP contribution < -0.4 is 10.2 Å². The predicted molar refractivity (Wildman–Crippen MR) is 99.0 cm³/mol. The van der Waals surface area contributed by atoms with Crippen molar-refractivity contribution in [3.63, 3.8) is 0 Å². The van der Waals surface area contributed by atoms with E-state index in [0.29, 0.717) is 11.1 Å². The summed E-state index contributed by atoms with van der Waals surface area (Å²) in [5.41, 5.74) is 0.858. The molecule has 1 aromatic heterocycles. The van der Waals surface area contributed by atoms with Gasteiger partial charge in [0.05, 0.1) is 11.6 Å². The molecule has 1 N–H and O–H groups in total. The molecule has 4 rings (SSSR count). The van der Waals surface area contributed by atoms with Crippen molar-refractivity contribution in [2.24, 2.45) is 0 Å². The zero-order valence-electron chi connectivity index (χ0n) is 14.3. The maximum absolute atomic E-state index is 12.3. The first-order valence-electron chi connectivity index (χ1n) is 8.81. The molecule has 1 atom stereocenters. The Balaban J connectivity index is 1.44. The van der Waals surface area contributed by atoms with Crippen molar-refractivity contribution in [3.8, 4) is 0 Å². The number of piperazine rings is 1. The molecule has 1 aliphatic carbocycles. The number of hydrogen-bond acceptors (Lipinski definition) is 5. The number of benzene rings is 1. The first kappa shape index (κ1) is 16.5. The average Bonchev–Trinajstić information content (AvgIpc) is 3.44. The third-order valence-electron chi connectivity index (χ3n) is 5.04. The van der Waals surface area contributed by atoms with Gasteiger partial charge in [0, 0.05) is 42.6 Å². The minimum atomic E-state index is -0.0799. The fraction of sp³-hybridized carbons (Fsp3) is 0.500. The van der Waals surface area contributed by atoms with Gasteiger partial charge in [-0.1, -0.05) is 11.6 Å². The summed E-state index contributed by atoms with van der Waals surface area (Å²) in [5, 5.41) is 4.79. The molecule has 1 amide bonds. The van der Waals surface area contributed by atoms with Crippen LogP contribution in [0.15, 0.2) is 24.5 Å². The highest BCUT2D eigenvalue weighted by Gasteiger charge is 2.30. The number of amides is 1. The van der Waals surface area contributed by atoms with Crippen LogP contribution in [0.2, 0.25) is 5.02 Å². The third kappa shape index (κ3) is 3.55. The molecular weight excluding hydrogens is 338 g/mol. The average molecular weight is 360 g/mol. The fourth-order valence-corrected chi connectivity index (χ4v) is 3.47. The molecule has 2 aliphatic rings. The van der Waals surface area contributed by atoms with Crippen molar-refractivity contribution < 1.29 is 4.79 Å². The van der Waals surface area contributed by atoms with Gasteiger partial charge in [-0.2, -0.15) is 0 Å². The topological polar surface area (TPSA) is 61.4 Å². The number of anilines is 1. The van der Waals surface area contributed by atoms with Crippen LogP contribution in [0.5, 0.6) is 0 Å². The second-order valence-electron chi connectivity index (χ2n) is 6.84. The van der Waals surface area contributed by atoms with E-state index in [4.69, 9.17) is 11.6 Å². The minimum Gasteiger partial charge on any atom is -0.353 e. The fourth-order valence-electron chi connectivity index (χ4n) is 3.30. The highest BCUT2D eigenvalue weighted by molar-refractivity contribution is 6.31. The molecule has 2 aromatic rings. The number of nitrogens with zero attached hydrogens (tertiary/aromatic N) is 4. The molecule has 1 unspecified atom stereocenters. The predicted octanol–water partition coefficient (Wildman–Crippen LogP) is 2.07. The van der Waals surface area contributed by atoms with Crippen LogP contribution in [-0.4, -0.2) is 59.0 Å². The van der Waals surface area contributed by atoms with Crippen LogP contribution in [0.4, 0.5) is 5.82 Å². The van der Waals surface area contributed by atoms with Gasteiger partial charge in [0.2, 0.25) is 5.91 Å². The lowest BCUT2D eigenvalue weighted by Gasteiger charge is -2.38. The van der Waals surface area contributed by atoms with Gasteiger partial charge in [-0.3, -0.25) is 9.69 Å². The van der Waals surface area contributed by atoms with Gasteiger partial charge in [0.1, 0.15) is 12.1 Å². The molecule has 0 spiro atoms. The number of carbonyl (C=O) groups is 1. The number of fused-ring (bicyclic) bond motifs is 1. The van der Waals surface area contributed by atoms with Crippen molar-refractivity contribution >= 4 is 34.2 Å². The zero-order chi connectivity index (χ0) is 17.4. The summed E-state index contributed by atoms with van der Waals surface area (Å²) in [6.45, 7) is 5.37. The van der Waals surface area contributed by atoms with Crippen molar-refractivity contribution in [1.29, 1.82) is 0 Å². The molecule has 0 radical (unpaired) electrons. The maximum Gasteiger partial charge on any atom is 0.237 e. The molecule has 2 heterocycles. The summed E-state index contributed by atoms with van der Waals surface area (Å²) >= 11 is 6.06. The van der Waals surface area contributed by atoms with Crippen LogP contribution in [0.1, 0.15) is 19.8 Å². The normalized spacial score (nSPS) is 19.8. The molecule has 2 fully saturated rings. The molecule has 1 aromatic carbocycles. The molecule has 7 heteroatoms. The summed E-state index contributed by atoms with van der Waals surface area (Å²) in [4.78, 5) is 25.6. The molecule has 1 aliphatic heterocycles. The molecule has 25 heavy (non-hydrogen) atoms. The van der Waals surface area contributed by atoms with E-state index in [1.807, 2.05) is 25.1 Å². The Bertz CT molecular complexity index is 786. The van der Waals surface area contributed by atoms with E-state index >= 15 is 0 Å². The van der Waals surface area contributed by atoms with Crippen LogP contribution in [0.3, 0.4) is 0 Å². The quantitative estimate of drug-likeness (QED) is 0.905. The molecule has 0 bridgehead atoms. The smallest absolute Gasteiger partial charge is 0.237 e. The van der Waals surface area contributed by atoms with Crippen LogP contribution in [0.25, 0.3) is 10.9 Å². The van der Waals surface area contributed by atoms with Crippen molar-refractivity contribution in [1.82, 2.24) is 20.2 Å². The Labute approximate surface area is 152 Å². The van der Waals surface area contributed by atoms with Gasteiger partial charge >= 0.3 is 0 Å². The Hall–Kier alpha value is -1.92. The van der Waals surface area contributed by atoms with Crippen LogP contribution in [0, 0.1) is 0 Å². The molecule has 6 nitrogen and oxygen atoms in total. The maximum atomic E-state index is 12.3. The lowest BCUT2D eigenvalue weighted by Crippen LogP contribution is -2.54. The Kier molecular flexibility index (Phi) is 4.48. The molecule has 1 saturated carbocycles. The summed E-state index contributed by atoms with van der Waals surface area (Å²) in [5.74, 6) is 1.09. The number of carbonyl (C=O) groups excluding carboxylic acids is 1. The SMILES string of the molecule is CC(C(=O)NC1CC1)N1CCN(c2ncnc3cc(Cl)ccc23)CC1. The Morgan fingerprint density at radius 3 is 2.72 bits per heavy atom. The third-order valence-corrected chi connectivity index (χ3v) is 5.28. The van der Waals surface area contributed by atoms with Crippen LogP contribution >= 0.6 is 11.6 Å². The van der Waals surface area contributed by atoms with Crippen molar-refractivity contribution in [2.45, 2.75) is 31.8 Å². The monoisotopic (exact) mass is 359 g/mol. The second kappa shape index (κ2) is 6.77. The second-order valence-corrected chi connectivity index (χ2v) is 7.28. The number of halogens is 1. The van der Waals surface area contributed by atoms with E-state index in [9.17, 15) is 4.79 Å². The van der Waals surface area contributed by atoms with Crippen molar-refractivity contribution in [2.75, 3.05) is 31.1 Å². The lowest BCUT2D eigenvalue weighted by molar-refractivity contribution is -0.126. The van der Waals surface area contributed by atoms with Crippen LogP contribution in [-0.2, 0) is 4.79 Å². The summed E-state index contributed by atoms with van der Waals surface area (Å²) in [7, 11) is 0. The minimum absolute atomic E-state index is 0.0799. The first-order chi connectivity index (χ1) is 12.1. The number of aromatic nitrogens is 2. The van der Waals surface area contributed by atoms with Crippen molar-refractivity contribution in [3.05, 3.63) is 29.5 Å². The summed E-state index contributed by atoms with van der Waals surface area (Å²) < 4.78 is 0. The Morgan fingerprint density at radius 1 is 1.24 bits per heavy atom. The zero-order valence-corrected chi connectivity index (χ0v) is 15.0. The van der Waals surface area contributed by atoms with Gasteiger partial charge in [-0.15, -0.1) is 0 Å². The molecular formula is C18H22ClN5O. The summed E-state index contributed by atoms with van der Waals surface area (Å²) in [6, 6.07) is 6.05. The summed E-state index contributed by atoms with van der Waals surface area (Å²) in [6.07, 6.45) is 3.83. The van der Waals surface area contributed by atoms with E-state index in [-0.39, 0.29) is 11.9 Å². The largest absolute Gasteiger partial charge is 0.353 e. The number of rotatable bonds is 4. The standard InChI is InChI=1S/C18H22ClN5O/c1-12(18(25)22-14-3-4-14)23-6-8-24(9-7-23)17-15-5-2-13(19)10-16(15)20-11-21-17/h2,5,10-12,14H,3-4,6-9H2,1H3,(H,22,25). The van der Waals surface area contributed by atoms with E-state index in [2.05, 4.69) is 25.1 Å².